The first-order valence-electron chi connectivity index (χ1n) is 8.72. The number of benzene rings is 1. The summed E-state index contributed by atoms with van der Waals surface area (Å²) in [4.78, 5) is 17.4. The van der Waals surface area contributed by atoms with E-state index in [0.29, 0.717) is 28.9 Å². The van der Waals surface area contributed by atoms with Crippen LogP contribution in [0, 0.1) is 0 Å². The van der Waals surface area contributed by atoms with Gasteiger partial charge in [-0.3, -0.25) is 9.69 Å². The lowest BCUT2D eigenvalue weighted by molar-refractivity contribution is 0.0769. The number of likely N-dealkylation sites (tertiary alicyclic amines) is 1. The Balaban J connectivity index is 0.00000243. The largest absolute Gasteiger partial charge is 0.496 e. The Hall–Kier alpha value is -1.70. The first-order chi connectivity index (χ1) is 12.2. The first kappa shape index (κ1) is 20.6. The highest BCUT2D eigenvalue weighted by molar-refractivity contribution is 5.98. The zero-order valence-electron chi connectivity index (χ0n) is 15.6. The molecule has 1 atom stereocenters. The Morgan fingerprint density at radius 2 is 1.62 bits per heavy atom. The maximum atomic E-state index is 13.0. The molecule has 26 heavy (non-hydrogen) atoms. The Kier molecular flexibility index (Phi) is 7.37. The number of hydrogen-bond donors (Lipinski definition) is 1. The van der Waals surface area contributed by atoms with E-state index >= 15 is 0 Å². The number of halogens is 1. The Labute approximate surface area is 161 Å². The summed E-state index contributed by atoms with van der Waals surface area (Å²) >= 11 is 0. The van der Waals surface area contributed by atoms with E-state index in [1.165, 1.54) is 0 Å². The van der Waals surface area contributed by atoms with Gasteiger partial charge in [0.1, 0.15) is 5.75 Å². The number of rotatable bonds is 5. The van der Waals surface area contributed by atoms with E-state index in [0.717, 1.165) is 45.7 Å². The van der Waals surface area contributed by atoms with E-state index in [-0.39, 0.29) is 18.3 Å². The number of methoxy groups -OCH3 is 3. The average molecular weight is 386 g/mol. The number of nitrogens with one attached hydrogen (secondary N) is 1. The minimum atomic E-state index is -0.0181. The molecular weight excluding hydrogens is 358 g/mol. The predicted octanol–water partition coefficient (Wildman–Crippen LogP) is 1.25. The maximum absolute atomic E-state index is 13.0. The zero-order valence-corrected chi connectivity index (χ0v) is 16.4. The molecule has 0 spiro atoms. The Morgan fingerprint density at radius 1 is 1.00 bits per heavy atom. The summed E-state index contributed by atoms with van der Waals surface area (Å²) in [5.41, 5.74) is 0.515. The third-order valence-electron chi connectivity index (χ3n) is 5.05. The van der Waals surface area contributed by atoms with Crippen molar-refractivity contribution >= 4 is 18.3 Å². The standard InChI is InChI=1S/C18H27N3O4.ClH/c1-23-15-11-17(25-3)16(24-2)10-14(15)18(22)21-7-4-13(12-21)20-8-5-19-6-9-20;/h10-11,13,19H,4-9,12H2,1-3H3;1H. The summed E-state index contributed by atoms with van der Waals surface area (Å²) in [5.74, 6) is 1.57. The van der Waals surface area contributed by atoms with E-state index in [1.807, 2.05) is 4.90 Å². The summed E-state index contributed by atoms with van der Waals surface area (Å²) in [6.45, 7) is 5.67. The third kappa shape index (κ3) is 4.16. The molecule has 0 aliphatic carbocycles. The minimum Gasteiger partial charge on any atom is -0.496 e. The lowest BCUT2D eigenvalue weighted by atomic mass is 10.1. The fraction of sp³-hybridized carbons (Fsp3) is 0.611. The lowest BCUT2D eigenvalue weighted by Crippen LogP contribution is -2.49. The molecule has 1 amide bonds. The molecule has 0 bridgehead atoms. The molecule has 2 saturated heterocycles. The molecule has 0 aromatic heterocycles. The van der Waals surface area contributed by atoms with Crippen LogP contribution in [0.2, 0.25) is 0 Å². The van der Waals surface area contributed by atoms with Gasteiger partial charge < -0.3 is 24.4 Å². The topological polar surface area (TPSA) is 63.3 Å². The summed E-state index contributed by atoms with van der Waals surface area (Å²) in [6, 6.07) is 3.85. The highest BCUT2D eigenvalue weighted by Gasteiger charge is 2.32. The van der Waals surface area contributed by atoms with Gasteiger partial charge in [0, 0.05) is 57.4 Å². The van der Waals surface area contributed by atoms with Gasteiger partial charge in [-0.15, -0.1) is 12.4 Å². The van der Waals surface area contributed by atoms with Gasteiger partial charge in [0.15, 0.2) is 11.5 Å². The molecule has 0 saturated carbocycles. The maximum Gasteiger partial charge on any atom is 0.257 e. The quantitative estimate of drug-likeness (QED) is 0.823. The van der Waals surface area contributed by atoms with Gasteiger partial charge in [0.05, 0.1) is 26.9 Å². The fourth-order valence-electron chi connectivity index (χ4n) is 3.64. The molecule has 146 valence electrons. The van der Waals surface area contributed by atoms with Gasteiger partial charge in [-0.25, -0.2) is 0 Å². The summed E-state index contributed by atoms with van der Waals surface area (Å²) in [6.07, 6.45) is 1.02. The second kappa shape index (κ2) is 9.30. The molecule has 2 fully saturated rings. The molecule has 7 nitrogen and oxygen atoms in total. The molecule has 1 aromatic rings. The van der Waals surface area contributed by atoms with Gasteiger partial charge >= 0.3 is 0 Å². The van der Waals surface area contributed by atoms with E-state index in [4.69, 9.17) is 14.2 Å². The summed E-state index contributed by atoms with van der Waals surface area (Å²) in [7, 11) is 4.69. The van der Waals surface area contributed by atoms with Crippen molar-refractivity contribution in [3.63, 3.8) is 0 Å². The molecular formula is C18H28ClN3O4. The van der Waals surface area contributed by atoms with Crippen LogP contribution < -0.4 is 19.5 Å². The van der Waals surface area contributed by atoms with Crippen LogP contribution >= 0.6 is 12.4 Å². The number of ether oxygens (including phenoxy) is 3. The molecule has 2 aliphatic heterocycles. The number of carbonyl (C=O) groups excluding carboxylic acids is 1. The molecule has 2 heterocycles. The number of nitrogens with zero attached hydrogens (tertiary/aromatic N) is 2. The van der Waals surface area contributed by atoms with Gasteiger partial charge in [0.25, 0.3) is 5.91 Å². The zero-order chi connectivity index (χ0) is 17.8. The molecule has 1 aromatic carbocycles. The Morgan fingerprint density at radius 3 is 2.23 bits per heavy atom. The third-order valence-corrected chi connectivity index (χ3v) is 5.05. The van der Waals surface area contributed by atoms with Crippen LogP contribution in [0.5, 0.6) is 17.2 Å². The van der Waals surface area contributed by atoms with E-state index < -0.39 is 0 Å². The lowest BCUT2D eigenvalue weighted by Gasteiger charge is -2.32. The molecule has 1 N–H and O–H groups in total. The van der Waals surface area contributed by atoms with Gasteiger partial charge in [-0.2, -0.15) is 0 Å². The number of hydrogen-bond acceptors (Lipinski definition) is 6. The number of piperazine rings is 1. The normalized spacial score (nSPS) is 20.4. The van der Waals surface area contributed by atoms with E-state index in [2.05, 4.69) is 10.2 Å². The van der Waals surface area contributed by atoms with Crippen molar-refractivity contribution in [3.8, 4) is 17.2 Å². The van der Waals surface area contributed by atoms with E-state index in [1.54, 1.807) is 33.5 Å². The monoisotopic (exact) mass is 385 g/mol. The smallest absolute Gasteiger partial charge is 0.257 e. The van der Waals surface area contributed by atoms with Crippen molar-refractivity contribution in [3.05, 3.63) is 17.7 Å². The molecule has 2 aliphatic rings. The van der Waals surface area contributed by atoms with Crippen LogP contribution in [-0.4, -0.2) is 82.3 Å². The van der Waals surface area contributed by atoms with Crippen molar-refractivity contribution in [2.24, 2.45) is 0 Å². The average Bonchev–Trinajstić information content (AvgIpc) is 3.17. The second-order valence-corrected chi connectivity index (χ2v) is 6.39. The van der Waals surface area contributed by atoms with E-state index in [9.17, 15) is 4.79 Å². The van der Waals surface area contributed by atoms with Crippen molar-refractivity contribution in [1.29, 1.82) is 0 Å². The highest BCUT2D eigenvalue weighted by atomic mass is 35.5. The van der Waals surface area contributed by atoms with Crippen LogP contribution in [0.1, 0.15) is 16.8 Å². The highest BCUT2D eigenvalue weighted by Crippen LogP contribution is 2.35. The molecule has 8 heteroatoms. The first-order valence-corrected chi connectivity index (χ1v) is 8.72. The summed E-state index contributed by atoms with van der Waals surface area (Å²) in [5, 5.41) is 3.37. The molecule has 3 rings (SSSR count). The molecule has 1 unspecified atom stereocenters. The van der Waals surface area contributed by atoms with Crippen molar-refractivity contribution in [2.75, 3.05) is 60.6 Å². The number of carbonyl (C=O) groups is 1. The molecule has 0 radical (unpaired) electrons. The van der Waals surface area contributed by atoms with Crippen LogP contribution in [0.25, 0.3) is 0 Å². The van der Waals surface area contributed by atoms with Crippen molar-refractivity contribution in [1.82, 2.24) is 15.1 Å². The van der Waals surface area contributed by atoms with Crippen LogP contribution in [0.3, 0.4) is 0 Å². The second-order valence-electron chi connectivity index (χ2n) is 6.39. The van der Waals surface area contributed by atoms with Crippen LogP contribution in [0.15, 0.2) is 12.1 Å². The van der Waals surface area contributed by atoms with Gasteiger partial charge in [-0.05, 0) is 6.42 Å². The van der Waals surface area contributed by atoms with Crippen LogP contribution in [0.4, 0.5) is 0 Å². The fourth-order valence-corrected chi connectivity index (χ4v) is 3.64. The minimum absolute atomic E-state index is 0. The van der Waals surface area contributed by atoms with Gasteiger partial charge in [0.2, 0.25) is 0 Å². The predicted molar refractivity (Wildman–Crippen MR) is 102 cm³/mol. The van der Waals surface area contributed by atoms with Crippen molar-refractivity contribution in [2.45, 2.75) is 12.5 Å². The van der Waals surface area contributed by atoms with Crippen molar-refractivity contribution < 1.29 is 19.0 Å². The number of amides is 1. The SMILES string of the molecule is COc1cc(OC)c(C(=O)N2CCC(N3CCNCC3)C2)cc1OC.Cl. The van der Waals surface area contributed by atoms with Gasteiger partial charge in [-0.1, -0.05) is 0 Å². The summed E-state index contributed by atoms with van der Waals surface area (Å²) < 4.78 is 16.0. The Bertz CT molecular complexity index is 623. The van der Waals surface area contributed by atoms with Crippen LogP contribution in [-0.2, 0) is 0 Å².